The summed E-state index contributed by atoms with van der Waals surface area (Å²) in [6.45, 7) is 2.81. The van der Waals surface area contributed by atoms with Gasteiger partial charge in [-0.1, -0.05) is 36.4 Å². The number of hydrogen-bond acceptors (Lipinski definition) is 5. The minimum Gasteiger partial charge on any atom is -0.496 e. The molecule has 0 saturated heterocycles. The van der Waals surface area contributed by atoms with Crippen LogP contribution in [0.25, 0.3) is 10.9 Å². The number of fused-ring (bicyclic) bond motifs is 2. The number of para-hydroxylation sites is 1. The number of carbonyl (C=O) groups excluding carboxylic acids is 1. The van der Waals surface area contributed by atoms with Crippen LogP contribution in [0.2, 0.25) is 0 Å². The molecule has 1 saturated carbocycles. The molecule has 1 N–H and O–H groups in total. The van der Waals surface area contributed by atoms with Crippen LogP contribution in [-0.4, -0.2) is 36.0 Å². The van der Waals surface area contributed by atoms with Gasteiger partial charge in [-0.2, -0.15) is 5.26 Å². The fourth-order valence-electron chi connectivity index (χ4n) is 5.63. The third kappa shape index (κ3) is 4.87. The maximum Gasteiger partial charge on any atom is 0.231 e. The molecule has 35 heavy (non-hydrogen) atoms. The Kier molecular flexibility index (Phi) is 6.70. The normalized spacial score (nSPS) is 22.2. The second-order valence-corrected chi connectivity index (χ2v) is 9.91. The van der Waals surface area contributed by atoms with Gasteiger partial charge in [0.2, 0.25) is 5.91 Å². The zero-order chi connectivity index (χ0) is 24.3. The molecule has 3 aromatic rings. The summed E-state index contributed by atoms with van der Waals surface area (Å²) in [5, 5.41) is 13.5. The van der Waals surface area contributed by atoms with Crippen molar-refractivity contribution in [3.63, 3.8) is 0 Å². The highest BCUT2D eigenvalue weighted by Crippen LogP contribution is 2.43. The zero-order valence-electron chi connectivity index (χ0n) is 20.3. The highest BCUT2D eigenvalue weighted by molar-refractivity contribution is 5.96. The van der Waals surface area contributed by atoms with Crippen LogP contribution in [0.4, 0.5) is 5.82 Å². The number of nitriles is 1. The lowest BCUT2D eigenvalue weighted by molar-refractivity contribution is -0.128. The van der Waals surface area contributed by atoms with Crippen LogP contribution < -0.4 is 10.1 Å². The van der Waals surface area contributed by atoms with E-state index in [4.69, 9.17) is 4.74 Å². The van der Waals surface area contributed by atoms with Gasteiger partial charge in [-0.25, -0.2) is 4.98 Å². The van der Waals surface area contributed by atoms with Crippen LogP contribution >= 0.6 is 0 Å². The van der Waals surface area contributed by atoms with Crippen LogP contribution in [0.1, 0.15) is 43.2 Å². The Bertz CT molecular complexity index is 1260. The van der Waals surface area contributed by atoms with Gasteiger partial charge in [0.05, 0.1) is 24.1 Å². The second kappa shape index (κ2) is 10.1. The predicted molar refractivity (Wildman–Crippen MR) is 137 cm³/mol. The molecule has 180 valence electrons. The Morgan fingerprint density at radius 1 is 1.17 bits per heavy atom. The number of carbonyl (C=O) groups is 1. The summed E-state index contributed by atoms with van der Waals surface area (Å²) in [6.07, 6.45) is 4.82. The van der Waals surface area contributed by atoms with E-state index in [1.807, 2.05) is 24.3 Å². The molecular weight excluding hydrogens is 436 g/mol. The molecular formula is C29H32N4O2. The van der Waals surface area contributed by atoms with Crippen molar-refractivity contribution >= 4 is 22.6 Å². The summed E-state index contributed by atoms with van der Waals surface area (Å²) in [5.41, 5.74) is 3.11. The molecule has 2 aliphatic rings. The maximum atomic E-state index is 13.8. The molecule has 0 atom stereocenters. The van der Waals surface area contributed by atoms with Crippen molar-refractivity contribution < 1.29 is 9.53 Å². The van der Waals surface area contributed by atoms with Crippen molar-refractivity contribution in [1.82, 2.24) is 9.88 Å². The first-order chi connectivity index (χ1) is 17.1. The number of anilines is 1. The molecule has 1 aromatic heterocycles. The Hall–Kier alpha value is -3.43. The van der Waals surface area contributed by atoms with Gasteiger partial charge in [0.25, 0.3) is 0 Å². The topological polar surface area (TPSA) is 78.2 Å². The van der Waals surface area contributed by atoms with Crippen molar-refractivity contribution in [3.8, 4) is 11.8 Å². The molecule has 2 aromatic carbocycles. The first-order valence-electron chi connectivity index (χ1n) is 12.5. The minimum absolute atomic E-state index is 0.0103. The summed E-state index contributed by atoms with van der Waals surface area (Å²) in [6, 6.07) is 20.6. The highest BCUT2D eigenvalue weighted by atomic mass is 16.5. The molecule has 1 aliphatic carbocycles. The monoisotopic (exact) mass is 468 g/mol. The van der Waals surface area contributed by atoms with E-state index in [0.717, 1.165) is 69.1 Å². The largest absolute Gasteiger partial charge is 0.496 e. The first kappa shape index (κ1) is 23.3. The lowest BCUT2D eigenvalue weighted by Gasteiger charge is -2.39. The molecule has 6 heteroatoms. The predicted octanol–water partition coefficient (Wildman–Crippen LogP) is 5.33. The third-order valence-electron chi connectivity index (χ3n) is 7.86. The van der Waals surface area contributed by atoms with Crippen molar-refractivity contribution in [2.24, 2.45) is 11.3 Å². The SMILES string of the molecule is COc1cc(NC(=O)C2(CCN3CCc4ccccc4C3)CCC(C#N)CC2)nc2ccccc12. The van der Waals surface area contributed by atoms with E-state index in [1.54, 1.807) is 13.2 Å². The molecule has 0 radical (unpaired) electrons. The molecule has 1 aliphatic heterocycles. The van der Waals surface area contributed by atoms with Gasteiger partial charge in [0.1, 0.15) is 11.6 Å². The van der Waals surface area contributed by atoms with E-state index in [9.17, 15) is 10.1 Å². The minimum atomic E-state index is -0.495. The van der Waals surface area contributed by atoms with Crippen molar-refractivity contribution in [1.29, 1.82) is 5.26 Å². The summed E-state index contributed by atoms with van der Waals surface area (Å²) in [5.74, 6) is 1.26. The molecule has 1 amide bonds. The van der Waals surface area contributed by atoms with Crippen LogP contribution in [0.3, 0.4) is 0 Å². The average Bonchev–Trinajstić information content (AvgIpc) is 2.91. The number of ether oxygens (including phenoxy) is 1. The summed E-state index contributed by atoms with van der Waals surface area (Å²) < 4.78 is 5.57. The number of amides is 1. The van der Waals surface area contributed by atoms with E-state index in [1.165, 1.54) is 11.1 Å². The molecule has 0 bridgehead atoms. The fourth-order valence-corrected chi connectivity index (χ4v) is 5.63. The number of pyridine rings is 1. The Morgan fingerprint density at radius 2 is 1.91 bits per heavy atom. The molecule has 0 spiro atoms. The summed E-state index contributed by atoms with van der Waals surface area (Å²) >= 11 is 0. The van der Waals surface area contributed by atoms with Crippen molar-refractivity contribution in [2.75, 3.05) is 25.5 Å². The fraction of sp³-hybridized carbons (Fsp3) is 0.414. The third-order valence-corrected chi connectivity index (χ3v) is 7.86. The van der Waals surface area contributed by atoms with Gasteiger partial charge in [0, 0.05) is 30.5 Å². The first-order valence-corrected chi connectivity index (χ1v) is 12.5. The summed E-state index contributed by atoms with van der Waals surface area (Å²) in [4.78, 5) is 20.9. The van der Waals surface area contributed by atoms with Gasteiger partial charge in [-0.15, -0.1) is 0 Å². The van der Waals surface area contributed by atoms with Crippen LogP contribution in [0.5, 0.6) is 5.75 Å². The number of benzene rings is 2. The van der Waals surface area contributed by atoms with Gasteiger partial charge in [-0.3, -0.25) is 9.69 Å². The van der Waals surface area contributed by atoms with Crippen LogP contribution in [0, 0.1) is 22.7 Å². The van der Waals surface area contributed by atoms with E-state index in [2.05, 4.69) is 45.5 Å². The standard InChI is InChI=1S/C29H32N4O2/c1-35-26-18-27(31-25-9-5-4-8-24(25)26)32-28(34)29(13-10-21(19-30)11-14-29)15-17-33-16-12-22-6-2-3-7-23(22)20-33/h2-9,18,21H,10-17,20H2,1H3,(H,31,32,34). The molecule has 5 rings (SSSR count). The van der Waals surface area contributed by atoms with Gasteiger partial charge in [-0.05, 0) is 68.3 Å². The maximum absolute atomic E-state index is 13.8. The van der Waals surface area contributed by atoms with Crippen LogP contribution in [0.15, 0.2) is 54.6 Å². The van der Waals surface area contributed by atoms with E-state index < -0.39 is 5.41 Å². The van der Waals surface area contributed by atoms with Gasteiger partial charge < -0.3 is 10.1 Å². The smallest absolute Gasteiger partial charge is 0.231 e. The lowest BCUT2D eigenvalue weighted by Crippen LogP contribution is -2.43. The number of nitrogens with zero attached hydrogens (tertiary/aromatic N) is 3. The molecule has 1 fully saturated rings. The number of methoxy groups -OCH3 is 1. The van der Waals surface area contributed by atoms with Crippen LogP contribution in [-0.2, 0) is 17.8 Å². The molecule has 0 unspecified atom stereocenters. The molecule has 6 nitrogen and oxygen atoms in total. The van der Waals surface area contributed by atoms with Gasteiger partial charge >= 0.3 is 0 Å². The summed E-state index contributed by atoms with van der Waals surface area (Å²) in [7, 11) is 1.63. The lowest BCUT2D eigenvalue weighted by atomic mass is 9.68. The second-order valence-electron chi connectivity index (χ2n) is 9.91. The number of hydrogen-bond donors (Lipinski definition) is 1. The van der Waals surface area contributed by atoms with E-state index >= 15 is 0 Å². The van der Waals surface area contributed by atoms with E-state index in [-0.39, 0.29) is 11.8 Å². The Morgan fingerprint density at radius 3 is 2.69 bits per heavy atom. The Balaban J connectivity index is 1.34. The molecule has 2 heterocycles. The average molecular weight is 469 g/mol. The van der Waals surface area contributed by atoms with E-state index in [0.29, 0.717) is 11.6 Å². The van der Waals surface area contributed by atoms with Crippen molar-refractivity contribution in [2.45, 2.75) is 45.1 Å². The number of nitrogens with one attached hydrogen (secondary N) is 1. The number of aromatic nitrogens is 1. The van der Waals surface area contributed by atoms with Gasteiger partial charge in [0.15, 0.2) is 0 Å². The quantitative estimate of drug-likeness (QED) is 0.529. The highest BCUT2D eigenvalue weighted by Gasteiger charge is 2.42. The van der Waals surface area contributed by atoms with Crippen molar-refractivity contribution in [3.05, 3.63) is 65.7 Å². The zero-order valence-corrected chi connectivity index (χ0v) is 20.3. The Labute approximate surface area is 206 Å². The number of rotatable bonds is 6.